The lowest BCUT2D eigenvalue weighted by molar-refractivity contribution is -0.156. The fourth-order valence-electron chi connectivity index (χ4n) is 3.75. The molecule has 1 unspecified atom stereocenters. The van der Waals surface area contributed by atoms with Crippen LogP contribution in [0.1, 0.15) is 84.2 Å². The van der Waals surface area contributed by atoms with Crippen LogP contribution in [0.25, 0.3) is 0 Å². The molecule has 1 aromatic rings. The predicted molar refractivity (Wildman–Crippen MR) is 110 cm³/mol. The molecule has 0 bridgehead atoms. The Morgan fingerprint density at radius 1 is 1.11 bits per heavy atom. The standard InChI is InChI=1S/C23H35NO4/c1-5-12-19(17-13-8-6-9-14-17)27-21(25)20(18-15-10-7-11-16-18)24-22(26)28-23(2,3)4/h7,10-11,15-17,19-20H,5-6,8-9,12-14H2,1-4H3,(H,24,26)/t19-,20?/m0/s1. The number of hydrogen-bond donors (Lipinski definition) is 1. The van der Waals surface area contributed by atoms with Gasteiger partial charge in [-0.2, -0.15) is 0 Å². The van der Waals surface area contributed by atoms with Crippen LogP contribution in [0, 0.1) is 5.92 Å². The van der Waals surface area contributed by atoms with Crippen LogP contribution in [0.5, 0.6) is 0 Å². The van der Waals surface area contributed by atoms with Crippen molar-refractivity contribution in [1.29, 1.82) is 0 Å². The highest BCUT2D eigenvalue weighted by molar-refractivity contribution is 5.83. The minimum Gasteiger partial charge on any atom is -0.460 e. The number of carbonyl (C=O) groups excluding carboxylic acids is 2. The molecule has 0 radical (unpaired) electrons. The summed E-state index contributed by atoms with van der Waals surface area (Å²) in [6.45, 7) is 7.49. The van der Waals surface area contributed by atoms with E-state index >= 15 is 0 Å². The molecule has 0 aromatic heterocycles. The quantitative estimate of drug-likeness (QED) is 0.621. The van der Waals surface area contributed by atoms with E-state index in [0.717, 1.165) is 25.7 Å². The third kappa shape index (κ3) is 7.17. The molecule has 0 saturated heterocycles. The van der Waals surface area contributed by atoms with E-state index in [1.165, 1.54) is 19.3 Å². The van der Waals surface area contributed by atoms with Crippen molar-refractivity contribution < 1.29 is 19.1 Å². The van der Waals surface area contributed by atoms with Gasteiger partial charge >= 0.3 is 12.1 Å². The van der Waals surface area contributed by atoms with Crippen LogP contribution in [0.15, 0.2) is 30.3 Å². The van der Waals surface area contributed by atoms with Crippen LogP contribution in [0.2, 0.25) is 0 Å². The number of ether oxygens (including phenoxy) is 2. The lowest BCUT2D eigenvalue weighted by Crippen LogP contribution is -2.40. The molecular weight excluding hydrogens is 354 g/mol. The van der Waals surface area contributed by atoms with Gasteiger partial charge in [-0.25, -0.2) is 9.59 Å². The molecule has 0 heterocycles. The molecule has 1 amide bonds. The summed E-state index contributed by atoms with van der Waals surface area (Å²) >= 11 is 0. The van der Waals surface area contributed by atoms with E-state index in [9.17, 15) is 9.59 Å². The Bertz CT molecular complexity index is 617. The molecule has 28 heavy (non-hydrogen) atoms. The van der Waals surface area contributed by atoms with E-state index in [1.54, 1.807) is 20.8 Å². The Morgan fingerprint density at radius 2 is 1.75 bits per heavy atom. The van der Waals surface area contributed by atoms with E-state index in [2.05, 4.69) is 12.2 Å². The number of hydrogen-bond acceptors (Lipinski definition) is 4. The first-order valence-electron chi connectivity index (χ1n) is 10.5. The Labute approximate surface area is 169 Å². The summed E-state index contributed by atoms with van der Waals surface area (Å²) in [7, 11) is 0. The summed E-state index contributed by atoms with van der Waals surface area (Å²) in [5.74, 6) is -0.00307. The molecule has 0 spiro atoms. The number of rotatable bonds is 7. The summed E-state index contributed by atoms with van der Waals surface area (Å²) in [6.07, 6.45) is 6.96. The highest BCUT2D eigenvalue weighted by atomic mass is 16.6. The van der Waals surface area contributed by atoms with Gasteiger partial charge in [-0.3, -0.25) is 0 Å². The monoisotopic (exact) mass is 389 g/mol. The zero-order valence-electron chi connectivity index (χ0n) is 17.7. The van der Waals surface area contributed by atoms with Gasteiger partial charge in [0.2, 0.25) is 0 Å². The summed E-state index contributed by atoms with van der Waals surface area (Å²) in [6, 6.07) is 8.33. The van der Waals surface area contributed by atoms with E-state index in [4.69, 9.17) is 9.47 Å². The fraction of sp³-hybridized carbons (Fsp3) is 0.652. The third-order valence-corrected chi connectivity index (χ3v) is 5.05. The summed E-state index contributed by atoms with van der Waals surface area (Å²) in [5.41, 5.74) is 0.0551. The largest absolute Gasteiger partial charge is 0.460 e. The number of amides is 1. The Hall–Kier alpha value is -2.04. The van der Waals surface area contributed by atoms with Gasteiger partial charge in [-0.1, -0.05) is 62.9 Å². The first-order chi connectivity index (χ1) is 13.3. The maximum atomic E-state index is 13.1. The number of benzene rings is 1. The van der Waals surface area contributed by atoms with Gasteiger partial charge in [0.1, 0.15) is 11.7 Å². The normalized spacial score (nSPS) is 17.4. The Morgan fingerprint density at radius 3 is 2.32 bits per heavy atom. The van der Waals surface area contributed by atoms with Crippen molar-refractivity contribution in [2.75, 3.05) is 0 Å². The van der Waals surface area contributed by atoms with Crippen molar-refractivity contribution in [2.45, 2.75) is 90.4 Å². The Balaban J connectivity index is 2.13. The second-order valence-electron chi connectivity index (χ2n) is 8.65. The van der Waals surface area contributed by atoms with Gasteiger partial charge in [0.15, 0.2) is 6.04 Å². The van der Waals surface area contributed by atoms with Crippen LogP contribution in [-0.2, 0) is 14.3 Å². The second-order valence-corrected chi connectivity index (χ2v) is 8.65. The molecule has 5 nitrogen and oxygen atoms in total. The maximum absolute atomic E-state index is 13.1. The molecule has 1 fully saturated rings. The van der Waals surface area contributed by atoms with Crippen molar-refractivity contribution in [3.63, 3.8) is 0 Å². The molecule has 1 saturated carbocycles. The van der Waals surface area contributed by atoms with E-state index in [0.29, 0.717) is 11.5 Å². The van der Waals surface area contributed by atoms with Gasteiger partial charge in [-0.15, -0.1) is 0 Å². The molecule has 2 atom stereocenters. The second kappa shape index (κ2) is 10.5. The average molecular weight is 390 g/mol. The van der Waals surface area contributed by atoms with Crippen molar-refractivity contribution in [3.8, 4) is 0 Å². The molecular formula is C23H35NO4. The average Bonchev–Trinajstić information content (AvgIpc) is 2.65. The highest BCUT2D eigenvalue weighted by Gasteiger charge is 2.32. The SMILES string of the molecule is CCC[C@H](OC(=O)C(NC(=O)OC(C)(C)C)c1ccccc1)C1CCCCC1. The van der Waals surface area contributed by atoms with Crippen LogP contribution < -0.4 is 5.32 Å². The molecule has 5 heteroatoms. The molecule has 2 rings (SSSR count). The number of carbonyl (C=O) groups is 2. The molecule has 1 aliphatic carbocycles. The number of nitrogens with one attached hydrogen (secondary N) is 1. The maximum Gasteiger partial charge on any atom is 0.408 e. The first-order valence-corrected chi connectivity index (χ1v) is 10.5. The van der Waals surface area contributed by atoms with Crippen LogP contribution in [-0.4, -0.2) is 23.8 Å². The summed E-state index contributed by atoms with van der Waals surface area (Å²) in [5, 5.41) is 2.70. The number of esters is 1. The Kier molecular flexibility index (Phi) is 8.34. The van der Waals surface area contributed by atoms with Crippen LogP contribution in [0.4, 0.5) is 4.79 Å². The molecule has 0 aliphatic heterocycles. The van der Waals surface area contributed by atoms with E-state index in [-0.39, 0.29) is 6.10 Å². The van der Waals surface area contributed by atoms with Crippen molar-refractivity contribution in [3.05, 3.63) is 35.9 Å². The summed E-state index contributed by atoms with van der Waals surface area (Å²) < 4.78 is 11.3. The van der Waals surface area contributed by atoms with E-state index in [1.807, 2.05) is 30.3 Å². The minimum atomic E-state index is -0.876. The van der Waals surface area contributed by atoms with Crippen LogP contribution in [0.3, 0.4) is 0 Å². The van der Waals surface area contributed by atoms with Crippen molar-refractivity contribution >= 4 is 12.1 Å². The topological polar surface area (TPSA) is 64.6 Å². The summed E-state index contributed by atoms with van der Waals surface area (Å²) in [4.78, 5) is 25.4. The van der Waals surface area contributed by atoms with Crippen molar-refractivity contribution in [2.24, 2.45) is 5.92 Å². The molecule has 156 valence electrons. The molecule has 1 N–H and O–H groups in total. The van der Waals surface area contributed by atoms with Gasteiger partial charge in [0, 0.05) is 0 Å². The smallest absolute Gasteiger partial charge is 0.408 e. The van der Waals surface area contributed by atoms with Gasteiger partial charge in [-0.05, 0) is 51.5 Å². The van der Waals surface area contributed by atoms with Crippen LogP contribution >= 0.6 is 0 Å². The van der Waals surface area contributed by atoms with Gasteiger partial charge in [0.05, 0.1) is 0 Å². The van der Waals surface area contributed by atoms with Gasteiger partial charge in [0.25, 0.3) is 0 Å². The first kappa shape index (κ1) is 22.3. The third-order valence-electron chi connectivity index (χ3n) is 5.05. The van der Waals surface area contributed by atoms with Gasteiger partial charge < -0.3 is 14.8 Å². The fourth-order valence-corrected chi connectivity index (χ4v) is 3.75. The number of alkyl carbamates (subject to hydrolysis) is 1. The zero-order valence-corrected chi connectivity index (χ0v) is 17.7. The highest BCUT2D eigenvalue weighted by Crippen LogP contribution is 2.31. The molecule has 1 aromatic carbocycles. The minimum absolute atomic E-state index is 0.0931. The lowest BCUT2D eigenvalue weighted by Gasteiger charge is -2.31. The lowest BCUT2D eigenvalue weighted by atomic mass is 9.83. The van der Waals surface area contributed by atoms with E-state index < -0.39 is 23.7 Å². The predicted octanol–water partition coefficient (Wildman–Crippen LogP) is 5.54. The van der Waals surface area contributed by atoms with Crippen molar-refractivity contribution in [1.82, 2.24) is 5.32 Å². The zero-order chi connectivity index (χ0) is 20.6. The molecule has 1 aliphatic rings.